The molecule has 1 aromatic carbocycles. The summed E-state index contributed by atoms with van der Waals surface area (Å²) >= 11 is 5.95. The van der Waals surface area contributed by atoms with Gasteiger partial charge in [0.25, 0.3) is 5.91 Å². The van der Waals surface area contributed by atoms with Crippen molar-refractivity contribution >= 4 is 29.0 Å². The van der Waals surface area contributed by atoms with Crippen LogP contribution in [0.15, 0.2) is 30.5 Å². The summed E-state index contributed by atoms with van der Waals surface area (Å²) in [6.45, 7) is 5.08. The van der Waals surface area contributed by atoms with Gasteiger partial charge in [-0.05, 0) is 56.4 Å². The summed E-state index contributed by atoms with van der Waals surface area (Å²) < 4.78 is 7.12. The highest BCUT2D eigenvalue weighted by molar-refractivity contribution is 6.30. The van der Waals surface area contributed by atoms with Crippen molar-refractivity contribution in [1.82, 2.24) is 15.1 Å². The maximum atomic E-state index is 12.0. The van der Waals surface area contributed by atoms with Crippen LogP contribution in [0.2, 0.25) is 5.02 Å². The van der Waals surface area contributed by atoms with Crippen LogP contribution >= 0.6 is 11.6 Å². The predicted molar refractivity (Wildman–Crippen MR) is 116 cm³/mol. The van der Waals surface area contributed by atoms with E-state index in [1.54, 1.807) is 25.4 Å². The number of methoxy groups -OCH3 is 1. The van der Waals surface area contributed by atoms with E-state index >= 15 is 0 Å². The fraction of sp³-hybridized carbons (Fsp3) is 0.524. The number of halogens is 1. The Morgan fingerprint density at radius 2 is 2.10 bits per heavy atom. The smallest absolute Gasteiger partial charge is 0.254 e. The molecule has 1 aromatic heterocycles. The quantitative estimate of drug-likeness (QED) is 0.606. The third-order valence-electron chi connectivity index (χ3n) is 5.51. The Hall–Kier alpha value is -2.09. The number of hydrogen-bond donors (Lipinski definition) is 3. The van der Waals surface area contributed by atoms with Crippen LogP contribution in [0, 0.1) is 5.92 Å². The van der Waals surface area contributed by atoms with E-state index in [1.165, 1.54) is 0 Å². The normalized spacial score (nSPS) is 23.0. The number of nitrogens with one attached hydrogen (secondary N) is 2. The van der Waals surface area contributed by atoms with Crippen LogP contribution in [0.5, 0.6) is 0 Å². The van der Waals surface area contributed by atoms with Crippen LogP contribution in [0.1, 0.15) is 49.5 Å². The molecule has 4 atom stereocenters. The SMILES string of the molecule is COCC(C)N[C@H]1CCC(n2cc(C(N)=O)c(Nc3ccc(Cl)cc3)n2)[C@@H](C)C1. The molecule has 2 aromatic rings. The summed E-state index contributed by atoms with van der Waals surface area (Å²) in [5, 5.41) is 12.1. The number of carbonyl (C=O) groups excluding carboxylic acids is 1. The van der Waals surface area contributed by atoms with E-state index in [0.717, 1.165) is 24.9 Å². The van der Waals surface area contributed by atoms with Gasteiger partial charge in [0.05, 0.1) is 12.6 Å². The van der Waals surface area contributed by atoms with Crippen molar-refractivity contribution in [3.8, 4) is 0 Å². The molecule has 1 heterocycles. The molecule has 4 N–H and O–H groups in total. The number of hydrogen-bond acceptors (Lipinski definition) is 5. The molecular formula is C21H30ClN5O2. The zero-order chi connectivity index (χ0) is 21.0. The van der Waals surface area contributed by atoms with Gasteiger partial charge in [0, 0.05) is 36.1 Å². The monoisotopic (exact) mass is 419 g/mol. The molecule has 7 nitrogen and oxygen atoms in total. The van der Waals surface area contributed by atoms with Gasteiger partial charge in [0.2, 0.25) is 0 Å². The molecule has 0 saturated heterocycles. The summed E-state index contributed by atoms with van der Waals surface area (Å²) in [6, 6.07) is 8.26. The zero-order valence-electron chi connectivity index (χ0n) is 17.2. The number of nitrogens with two attached hydrogens (primary N) is 1. The van der Waals surface area contributed by atoms with Crippen molar-refractivity contribution in [2.75, 3.05) is 19.0 Å². The second-order valence-electron chi connectivity index (χ2n) is 7.95. The van der Waals surface area contributed by atoms with Crippen molar-refractivity contribution in [3.63, 3.8) is 0 Å². The Labute approximate surface area is 176 Å². The minimum absolute atomic E-state index is 0.227. The number of ether oxygens (including phenoxy) is 1. The Balaban J connectivity index is 1.72. The first-order valence-corrected chi connectivity index (χ1v) is 10.4. The van der Waals surface area contributed by atoms with Crippen LogP contribution in [-0.2, 0) is 4.74 Å². The van der Waals surface area contributed by atoms with E-state index in [1.807, 2.05) is 16.8 Å². The molecule has 1 aliphatic carbocycles. The highest BCUT2D eigenvalue weighted by Gasteiger charge is 2.31. The first-order valence-electron chi connectivity index (χ1n) is 10.0. The molecule has 1 fully saturated rings. The van der Waals surface area contributed by atoms with Crippen LogP contribution in [-0.4, -0.2) is 41.5 Å². The average molecular weight is 420 g/mol. The topological polar surface area (TPSA) is 94.2 Å². The summed E-state index contributed by atoms with van der Waals surface area (Å²) in [6.07, 6.45) is 4.85. The van der Waals surface area contributed by atoms with Crippen molar-refractivity contribution in [3.05, 3.63) is 41.0 Å². The maximum absolute atomic E-state index is 12.0. The number of primary amides is 1. The van der Waals surface area contributed by atoms with Crippen LogP contribution in [0.25, 0.3) is 0 Å². The van der Waals surface area contributed by atoms with Crippen LogP contribution in [0.3, 0.4) is 0 Å². The Morgan fingerprint density at radius 3 is 2.72 bits per heavy atom. The number of rotatable bonds is 8. The number of amides is 1. The molecule has 8 heteroatoms. The molecule has 29 heavy (non-hydrogen) atoms. The molecule has 0 aliphatic heterocycles. The van der Waals surface area contributed by atoms with Gasteiger partial charge < -0.3 is 21.1 Å². The van der Waals surface area contributed by atoms with Crippen LogP contribution < -0.4 is 16.4 Å². The third kappa shape index (κ3) is 5.50. The van der Waals surface area contributed by atoms with Gasteiger partial charge in [-0.15, -0.1) is 0 Å². The number of nitrogens with zero attached hydrogens (tertiary/aromatic N) is 2. The molecule has 0 bridgehead atoms. The van der Waals surface area contributed by atoms with E-state index in [0.29, 0.717) is 41.0 Å². The number of aromatic nitrogens is 2. The Bertz CT molecular complexity index is 823. The maximum Gasteiger partial charge on any atom is 0.254 e. The van der Waals surface area contributed by atoms with Crippen molar-refractivity contribution in [1.29, 1.82) is 0 Å². The molecule has 1 amide bonds. The van der Waals surface area contributed by atoms with Gasteiger partial charge in [-0.1, -0.05) is 18.5 Å². The Morgan fingerprint density at radius 1 is 1.38 bits per heavy atom. The predicted octanol–water partition coefficient (Wildman–Crippen LogP) is 3.73. The Kier molecular flexibility index (Phi) is 7.16. The highest BCUT2D eigenvalue weighted by atomic mass is 35.5. The lowest BCUT2D eigenvalue weighted by atomic mass is 9.82. The second kappa shape index (κ2) is 9.61. The molecule has 2 unspecified atom stereocenters. The van der Waals surface area contributed by atoms with Gasteiger partial charge in [0.1, 0.15) is 5.56 Å². The van der Waals surface area contributed by atoms with E-state index in [-0.39, 0.29) is 6.04 Å². The largest absolute Gasteiger partial charge is 0.383 e. The molecule has 0 spiro atoms. The summed E-state index contributed by atoms with van der Waals surface area (Å²) in [4.78, 5) is 12.0. The summed E-state index contributed by atoms with van der Waals surface area (Å²) in [7, 11) is 1.72. The fourth-order valence-electron chi connectivity index (χ4n) is 4.13. The summed E-state index contributed by atoms with van der Waals surface area (Å²) in [5.41, 5.74) is 6.79. The lowest BCUT2D eigenvalue weighted by Crippen LogP contribution is -2.43. The number of anilines is 2. The molecule has 0 radical (unpaired) electrons. The van der Waals surface area contributed by atoms with E-state index in [9.17, 15) is 4.79 Å². The van der Waals surface area contributed by atoms with E-state index in [2.05, 4.69) is 29.6 Å². The van der Waals surface area contributed by atoms with E-state index in [4.69, 9.17) is 22.1 Å². The average Bonchev–Trinajstić information content (AvgIpc) is 3.07. The first-order chi connectivity index (χ1) is 13.9. The van der Waals surface area contributed by atoms with Crippen molar-refractivity contribution in [2.24, 2.45) is 11.7 Å². The molecule has 1 saturated carbocycles. The van der Waals surface area contributed by atoms with Gasteiger partial charge in [-0.3, -0.25) is 9.48 Å². The first kappa shape index (κ1) is 21.6. The van der Waals surface area contributed by atoms with Crippen molar-refractivity contribution in [2.45, 2.75) is 51.2 Å². The minimum atomic E-state index is -0.496. The number of carbonyl (C=O) groups is 1. The lowest BCUT2D eigenvalue weighted by molar-refractivity contribution is 0.100. The van der Waals surface area contributed by atoms with Gasteiger partial charge >= 0.3 is 0 Å². The standard InChI is InChI=1S/C21H30ClN5O2/c1-13-10-17(24-14(2)12-29-3)8-9-19(13)27-11-18(20(23)28)21(26-27)25-16-6-4-15(22)5-7-16/h4-7,11,13-14,17,19,24H,8-10,12H2,1-3H3,(H2,23,28)(H,25,26)/t13-,14?,17-,19?/m0/s1. The van der Waals surface area contributed by atoms with Crippen LogP contribution in [0.4, 0.5) is 11.5 Å². The summed E-state index contributed by atoms with van der Waals surface area (Å²) in [5.74, 6) is 0.394. The molecular weight excluding hydrogens is 390 g/mol. The minimum Gasteiger partial charge on any atom is -0.383 e. The van der Waals surface area contributed by atoms with Gasteiger partial charge in [-0.25, -0.2) is 0 Å². The number of benzene rings is 1. The second-order valence-corrected chi connectivity index (χ2v) is 8.38. The molecule has 1 aliphatic rings. The lowest BCUT2D eigenvalue weighted by Gasteiger charge is -2.36. The van der Waals surface area contributed by atoms with Gasteiger partial charge in [0.15, 0.2) is 5.82 Å². The van der Waals surface area contributed by atoms with Crippen molar-refractivity contribution < 1.29 is 9.53 Å². The molecule has 3 rings (SSSR count). The highest BCUT2D eigenvalue weighted by Crippen LogP contribution is 2.35. The fourth-order valence-corrected chi connectivity index (χ4v) is 4.26. The zero-order valence-corrected chi connectivity index (χ0v) is 17.9. The third-order valence-corrected chi connectivity index (χ3v) is 5.76. The van der Waals surface area contributed by atoms with Gasteiger partial charge in [-0.2, -0.15) is 5.10 Å². The molecule has 158 valence electrons. The van der Waals surface area contributed by atoms with E-state index < -0.39 is 5.91 Å².